The van der Waals surface area contributed by atoms with Crippen LogP contribution < -0.4 is 5.43 Å². The summed E-state index contributed by atoms with van der Waals surface area (Å²) in [6.45, 7) is 4.07. The molecular formula is C30H34N2O6. The van der Waals surface area contributed by atoms with Crippen LogP contribution >= 0.6 is 0 Å². The number of carbonyl (C=O) groups excluding carboxylic acids is 1. The number of nitrogens with zero attached hydrogens (tertiary/aromatic N) is 2. The first-order valence-electron chi connectivity index (χ1n) is 13.3. The third-order valence-corrected chi connectivity index (χ3v) is 7.14. The van der Waals surface area contributed by atoms with E-state index >= 15 is 0 Å². The van der Waals surface area contributed by atoms with Gasteiger partial charge in [0.2, 0.25) is 6.29 Å². The molecule has 1 amide bonds. The minimum atomic E-state index is -0.673. The van der Waals surface area contributed by atoms with E-state index in [1.165, 1.54) is 11.8 Å². The summed E-state index contributed by atoms with van der Waals surface area (Å²) < 4.78 is 17.7. The molecule has 0 unspecified atom stereocenters. The number of carbonyl (C=O) groups is 1. The Bertz CT molecular complexity index is 1310. The van der Waals surface area contributed by atoms with Gasteiger partial charge in [0.15, 0.2) is 11.2 Å². The lowest BCUT2D eigenvalue weighted by Crippen LogP contribution is -2.49. The number of aliphatic hydroxyl groups is 1. The van der Waals surface area contributed by atoms with Gasteiger partial charge in [0.05, 0.1) is 18.3 Å². The largest absolute Gasteiger partial charge is 0.464 e. The van der Waals surface area contributed by atoms with E-state index in [0.29, 0.717) is 55.5 Å². The van der Waals surface area contributed by atoms with Gasteiger partial charge in [-0.25, -0.2) is 0 Å². The lowest BCUT2D eigenvalue weighted by molar-refractivity contribution is -0.154. The third kappa shape index (κ3) is 6.15. The molecule has 200 valence electrons. The second-order valence-corrected chi connectivity index (χ2v) is 9.79. The fourth-order valence-corrected chi connectivity index (χ4v) is 5.01. The smallest absolute Gasteiger partial charge is 0.288 e. The van der Waals surface area contributed by atoms with Crippen molar-refractivity contribution in [2.75, 3.05) is 39.4 Å². The molecule has 3 heterocycles. The zero-order valence-electron chi connectivity index (χ0n) is 21.5. The van der Waals surface area contributed by atoms with E-state index in [9.17, 15) is 9.59 Å². The molecule has 1 aromatic heterocycles. The van der Waals surface area contributed by atoms with Crippen LogP contribution in [0, 0.1) is 0 Å². The molecule has 38 heavy (non-hydrogen) atoms. The average molecular weight is 519 g/mol. The van der Waals surface area contributed by atoms with Crippen LogP contribution in [0.5, 0.6) is 0 Å². The Kier molecular flexibility index (Phi) is 8.53. The van der Waals surface area contributed by atoms with Crippen LogP contribution in [0.25, 0.3) is 11.0 Å². The molecule has 1 fully saturated rings. The molecule has 0 aliphatic carbocycles. The molecule has 0 radical (unpaired) electrons. The number of para-hydroxylation sites is 1. The molecule has 0 spiro atoms. The van der Waals surface area contributed by atoms with E-state index in [4.69, 9.17) is 19.0 Å². The maximum atomic E-state index is 13.5. The van der Waals surface area contributed by atoms with Crippen LogP contribution in [-0.2, 0) is 20.8 Å². The highest BCUT2D eigenvalue weighted by molar-refractivity contribution is 5.92. The molecule has 1 saturated heterocycles. The summed E-state index contributed by atoms with van der Waals surface area (Å²) in [6.07, 6.45) is 4.25. The van der Waals surface area contributed by atoms with Gasteiger partial charge in [-0.05, 0) is 36.6 Å². The molecule has 3 aromatic rings. The molecule has 2 aliphatic rings. The van der Waals surface area contributed by atoms with E-state index in [1.807, 2.05) is 30.3 Å². The highest BCUT2D eigenvalue weighted by Crippen LogP contribution is 2.32. The van der Waals surface area contributed by atoms with Gasteiger partial charge < -0.3 is 23.9 Å². The van der Waals surface area contributed by atoms with Crippen molar-refractivity contribution in [3.8, 4) is 0 Å². The monoisotopic (exact) mass is 518 g/mol. The maximum absolute atomic E-state index is 13.5. The summed E-state index contributed by atoms with van der Waals surface area (Å²) in [7, 11) is 0. The second-order valence-electron chi connectivity index (χ2n) is 9.79. The number of allylic oxidation sites excluding steroid dienone is 1. The maximum Gasteiger partial charge on any atom is 0.288 e. The second kappa shape index (κ2) is 12.4. The standard InChI is InChI=1S/C30H34N2O6/c33-16-6-7-17-36-28-19-23(25-21-37-26-11-5-4-10-24(26)29(25)34)18-27(38-28)30(35)32-14-12-31(13-15-32)20-22-8-2-1-3-9-22/h1-5,8-11,18,21,23,28,33H,6-7,12-17,19-20H2/t23-,28+/m0/s1. The number of rotatable bonds is 9. The summed E-state index contributed by atoms with van der Waals surface area (Å²) in [6, 6.07) is 17.5. The normalized spacial score (nSPS) is 20.2. The first kappa shape index (κ1) is 26.2. The minimum Gasteiger partial charge on any atom is -0.464 e. The molecule has 0 bridgehead atoms. The zero-order valence-corrected chi connectivity index (χ0v) is 21.5. The number of piperazine rings is 1. The number of hydrogen-bond donors (Lipinski definition) is 1. The predicted molar refractivity (Wildman–Crippen MR) is 143 cm³/mol. The van der Waals surface area contributed by atoms with E-state index in [-0.39, 0.29) is 29.6 Å². The van der Waals surface area contributed by atoms with Crippen LogP contribution in [0.2, 0.25) is 0 Å². The number of ether oxygens (including phenoxy) is 2. The van der Waals surface area contributed by atoms with Crippen LogP contribution in [0.4, 0.5) is 0 Å². The van der Waals surface area contributed by atoms with Gasteiger partial charge in [-0.15, -0.1) is 0 Å². The molecule has 8 heteroatoms. The molecule has 2 atom stereocenters. The van der Waals surface area contributed by atoms with Crippen molar-refractivity contribution >= 4 is 16.9 Å². The van der Waals surface area contributed by atoms with E-state index in [2.05, 4.69) is 17.0 Å². The van der Waals surface area contributed by atoms with Gasteiger partial charge in [0.25, 0.3) is 5.91 Å². The number of hydrogen-bond acceptors (Lipinski definition) is 7. The van der Waals surface area contributed by atoms with Crippen molar-refractivity contribution in [3.63, 3.8) is 0 Å². The van der Waals surface area contributed by atoms with Gasteiger partial charge in [-0.2, -0.15) is 0 Å². The quantitative estimate of drug-likeness (QED) is 0.433. The van der Waals surface area contributed by atoms with Gasteiger partial charge in [0, 0.05) is 57.2 Å². The number of amides is 1. The Hall–Kier alpha value is -3.46. The lowest BCUT2D eigenvalue weighted by Gasteiger charge is -2.36. The molecule has 2 aliphatic heterocycles. The van der Waals surface area contributed by atoms with Gasteiger partial charge >= 0.3 is 0 Å². The van der Waals surface area contributed by atoms with Crippen molar-refractivity contribution in [2.45, 2.75) is 38.0 Å². The van der Waals surface area contributed by atoms with Crippen LogP contribution in [0.3, 0.4) is 0 Å². The number of aliphatic hydroxyl groups excluding tert-OH is 1. The van der Waals surface area contributed by atoms with E-state index in [1.54, 1.807) is 23.1 Å². The zero-order chi connectivity index (χ0) is 26.3. The highest BCUT2D eigenvalue weighted by atomic mass is 16.7. The van der Waals surface area contributed by atoms with E-state index in [0.717, 1.165) is 19.6 Å². The Morgan fingerprint density at radius 2 is 1.76 bits per heavy atom. The van der Waals surface area contributed by atoms with Crippen molar-refractivity contribution in [1.29, 1.82) is 0 Å². The lowest BCUT2D eigenvalue weighted by atomic mass is 9.93. The summed E-state index contributed by atoms with van der Waals surface area (Å²) >= 11 is 0. The van der Waals surface area contributed by atoms with Crippen molar-refractivity contribution in [2.24, 2.45) is 0 Å². The molecule has 8 nitrogen and oxygen atoms in total. The Morgan fingerprint density at radius 1 is 1.00 bits per heavy atom. The van der Waals surface area contributed by atoms with E-state index < -0.39 is 6.29 Å². The van der Waals surface area contributed by atoms with Crippen LogP contribution in [0.15, 0.2) is 81.9 Å². The Balaban J connectivity index is 1.32. The summed E-state index contributed by atoms with van der Waals surface area (Å²) in [5, 5.41) is 9.58. The average Bonchev–Trinajstić information content (AvgIpc) is 2.96. The first-order valence-corrected chi connectivity index (χ1v) is 13.3. The highest BCUT2D eigenvalue weighted by Gasteiger charge is 2.33. The summed E-state index contributed by atoms with van der Waals surface area (Å²) in [5.74, 6) is -0.369. The number of unbranched alkanes of at least 4 members (excludes halogenated alkanes) is 1. The fourth-order valence-electron chi connectivity index (χ4n) is 5.01. The molecule has 2 aromatic carbocycles. The van der Waals surface area contributed by atoms with Crippen molar-refractivity contribution in [3.05, 3.63) is 94.0 Å². The van der Waals surface area contributed by atoms with Gasteiger partial charge in [-0.3, -0.25) is 14.5 Å². The summed E-state index contributed by atoms with van der Waals surface area (Å²) in [5.41, 5.74) is 2.15. The minimum absolute atomic E-state index is 0.0928. The SMILES string of the molecule is O=C(C1=C[C@H](c2coc3ccccc3c2=O)C[C@H](OCCCCO)O1)N1CCN(Cc2ccccc2)CC1. The van der Waals surface area contributed by atoms with Crippen molar-refractivity contribution < 1.29 is 23.8 Å². The van der Waals surface area contributed by atoms with Crippen molar-refractivity contribution in [1.82, 2.24) is 9.80 Å². The first-order chi connectivity index (χ1) is 18.6. The molecule has 5 rings (SSSR count). The molecule has 1 N–H and O–H groups in total. The van der Waals surface area contributed by atoms with Gasteiger partial charge in [0.1, 0.15) is 5.58 Å². The third-order valence-electron chi connectivity index (χ3n) is 7.14. The fraction of sp³-hybridized carbons (Fsp3) is 0.400. The summed E-state index contributed by atoms with van der Waals surface area (Å²) in [4.78, 5) is 31.0. The Morgan fingerprint density at radius 3 is 2.55 bits per heavy atom. The molecule has 0 saturated carbocycles. The topological polar surface area (TPSA) is 92.5 Å². The number of benzene rings is 2. The molecular weight excluding hydrogens is 484 g/mol. The van der Waals surface area contributed by atoms with Crippen LogP contribution in [-0.4, -0.2) is 66.5 Å². The van der Waals surface area contributed by atoms with Crippen LogP contribution in [0.1, 0.15) is 36.3 Å². The Labute approximate surface area is 222 Å². The van der Waals surface area contributed by atoms with Gasteiger partial charge in [-0.1, -0.05) is 42.5 Å². The number of fused-ring (bicyclic) bond motifs is 1. The predicted octanol–water partition coefficient (Wildman–Crippen LogP) is 3.64.